The van der Waals surface area contributed by atoms with Crippen molar-refractivity contribution in [2.75, 3.05) is 39.1 Å². The average molecular weight is 392 g/mol. The van der Waals surface area contributed by atoms with Crippen LogP contribution in [0.2, 0.25) is 0 Å². The summed E-state index contributed by atoms with van der Waals surface area (Å²) in [5.74, 6) is 0.768. The summed E-state index contributed by atoms with van der Waals surface area (Å²) >= 11 is 0. The fourth-order valence-electron chi connectivity index (χ4n) is 2.18. The number of hydrogen-bond donors (Lipinski definition) is 2. The van der Waals surface area contributed by atoms with Crippen LogP contribution in [-0.2, 0) is 14.8 Å². The van der Waals surface area contributed by atoms with E-state index in [1.807, 2.05) is 0 Å². The minimum atomic E-state index is -3.67. The molecule has 1 amide bonds. The molecule has 1 aliphatic rings. The molecule has 0 aromatic heterocycles. The van der Waals surface area contributed by atoms with E-state index in [4.69, 9.17) is 4.74 Å². The Kier molecular flexibility index (Phi) is 8.14. The average Bonchev–Trinajstić information content (AvgIpc) is 3.33. The van der Waals surface area contributed by atoms with E-state index in [1.54, 1.807) is 19.1 Å². The van der Waals surface area contributed by atoms with Gasteiger partial charge in [0.25, 0.3) is 0 Å². The van der Waals surface area contributed by atoms with Crippen molar-refractivity contribution in [3.05, 3.63) is 18.2 Å². The fourth-order valence-corrected chi connectivity index (χ4v) is 3.23. The maximum Gasteiger partial charge on any atom is 0.246 e. The quantitative estimate of drug-likeness (QED) is 0.668. The van der Waals surface area contributed by atoms with Crippen LogP contribution in [0, 0.1) is 5.92 Å². The Morgan fingerprint density at radius 2 is 2.00 bits per heavy atom. The number of hydrogen-bond acceptors (Lipinski definition) is 5. The van der Waals surface area contributed by atoms with Gasteiger partial charge in [0.15, 0.2) is 0 Å². The number of carbonyl (C=O) groups excluding carboxylic acids is 1. The first-order valence-electron chi connectivity index (χ1n) is 8.04. The maximum atomic E-state index is 12.4. The highest BCUT2D eigenvalue weighted by Crippen LogP contribution is 2.29. The number of benzene rings is 1. The predicted octanol–water partition coefficient (Wildman–Crippen LogP) is 1.70. The first-order valence-corrected chi connectivity index (χ1v) is 9.48. The number of sulfonamides is 1. The lowest BCUT2D eigenvalue weighted by molar-refractivity contribution is -0.115. The van der Waals surface area contributed by atoms with Crippen molar-refractivity contribution in [3.63, 3.8) is 0 Å². The van der Waals surface area contributed by atoms with Crippen LogP contribution < -0.4 is 15.4 Å². The molecule has 0 spiro atoms. The molecular weight excluding hydrogens is 366 g/mol. The van der Waals surface area contributed by atoms with Gasteiger partial charge in [-0.1, -0.05) is 0 Å². The highest BCUT2D eigenvalue weighted by atomic mass is 35.5. The molecular formula is C16H26ClN3O4S. The van der Waals surface area contributed by atoms with Crippen LogP contribution in [0.1, 0.15) is 19.8 Å². The number of carbonyl (C=O) groups is 1. The zero-order valence-electron chi connectivity index (χ0n) is 14.7. The van der Waals surface area contributed by atoms with E-state index < -0.39 is 10.0 Å². The van der Waals surface area contributed by atoms with Gasteiger partial charge in [-0.15, -0.1) is 12.4 Å². The third-order valence-electron chi connectivity index (χ3n) is 3.70. The van der Waals surface area contributed by atoms with Gasteiger partial charge in [-0.05, 0) is 50.4 Å². The van der Waals surface area contributed by atoms with Crippen LogP contribution in [-0.4, -0.2) is 52.4 Å². The number of amides is 1. The summed E-state index contributed by atoms with van der Waals surface area (Å²) in [7, 11) is -0.754. The van der Waals surface area contributed by atoms with Gasteiger partial charge in [0.2, 0.25) is 15.9 Å². The first-order chi connectivity index (χ1) is 11.3. The molecule has 1 saturated carbocycles. The largest absolute Gasteiger partial charge is 0.492 e. The van der Waals surface area contributed by atoms with E-state index in [0.29, 0.717) is 18.2 Å². The van der Waals surface area contributed by atoms with Crippen LogP contribution >= 0.6 is 12.4 Å². The molecule has 2 N–H and O–H groups in total. The third-order valence-corrected chi connectivity index (χ3v) is 5.54. The molecule has 142 valence electrons. The Bertz CT molecular complexity index is 691. The molecule has 1 aliphatic carbocycles. The van der Waals surface area contributed by atoms with Gasteiger partial charge >= 0.3 is 0 Å². The van der Waals surface area contributed by atoms with Crippen LogP contribution in [0.15, 0.2) is 23.1 Å². The minimum absolute atomic E-state index is 0. The molecule has 0 saturated heterocycles. The Morgan fingerprint density at radius 3 is 2.56 bits per heavy atom. The summed E-state index contributed by atoms with van der Waals surface area (Å²) in [4.78, 5) is 12.0. The lowest BCUT2D eigenvalue weighted by Gasteiger charge is -2.16. The molecule has 0 radical (unpaired) electrons. The Labute approximate surface area is 155 Å². The lowest BCUT2D eigenvalue weighted by atomic mass is 10.3. The molecule has 9 heteroatoms. The van der Waals surface area contributed by atoms with Crippen molar-refractivity contribution in [1.82, 2.24) is 9.62 Å². The summed E-state index contributed by atoms with van der Waals surface area (Å²) in [5, 5.41) is 5.82. The van der Waals surface area contributed by atoms with Crippen molar-refractivity contribution in [2.45, 2.75) is 24.7 Å². The van der Waals surface area contributed by atoms with Gasteiger partial charge in [0.1, 0.15) is 10.6 Å². The van der Waals surface area contributed by atoms with E-state index in [2.05, 4.69) is 10.6 Å². The zero-order chi connectivity index (χ0) is 17.7. The first kappa shape index (κ1) is 21.7. The normalized spacial score (nSPS) is 14.1. The van der Waals surface area contributed by atoms with E-state index in [0.717, 1.165) is 10.8 Å². The van der Waals surface area contributed by atoms with Gasteiger partial charge < -0.3 is 15.4 Å². The van der Waals surface area contributed by atoms with Crippen LogP contribution in [0.25, 0.3) is 0 Å². The second kappa shape index (κ2) is 9.38. The minimum Gasteiger partial charge on any atom is -0.492 e. The van der Waals surface area contributed by atoms with E-state index in [1.165, 1.54) is 33.0 Å². The van der Waals surface area contributed by atoms with Crippen molar-refractivity contribution in [2.24, 2.45) is 5.92 Å². The Balaban J connectivity index is 0.00000312. The van der Waals surface area contributed by atoms with Gasteiger partial charge in [0, 0.05) is 19.8 Å². The van der Waals surface area contributed by atoms with Crippen molar-refractivity contribution in [1.29, 1.82) is 0 Å². The molecule has 0 heterocycles. The second-order valence-electron chi connectivity index (χ2n) is 6.00. The molecule has 7 nitrogen and oxygen atoms in total. The smallest absolute Gasteiger partial charge is 0.246 e. The predicted molar refractivity (Wildman–Crippen MR) is 100.0 cm³/mol. The van der Waals surface area contributed by atoms with Crippen molar-refractivity contribution >= 4 is 34.0 Å². The highest BCUT2D eigenvalue weighted by molar-refractivity contribution is 7.89. The molecule has 0 bridgehead atoms. The van der Waals surface area contributed by atoms with Gasteiger partial charge in [-0.25, -0.2) is 12.7 Å². The van der Waals surface area contributed by atoms with Crippen molar-refractivity contribution in [3.8, 4) is 5.75 Å². The number of halogens is 1. The van der Waals surface area contributed by atoms with E-state index >= 15 is 0 Å². The monoisotopic (exact) mass is 391 g/mol. The summed E-state index contributed by atoms with van der Waals surface area (Å²) in [6, 6.07) is 4.63. The standard InChI is InChI=1S/C16H25N3O4S.ClH/c1-4-23-14-8-7-13(9-15(14)24(21,22)19(2)3)18-16(20)11-17-10-12-5-6-12;/h7-9,12,17H,4-6,10-11H2,1-3H3,(H,18,20);1H. The van der Waals surface area contributed by atoms with E-state index in [-0.39, 0.29) is 35.5 Å². The third kappa shape index (κ3) is 6.14. The number of ether oxygens (including phenoxy) is 1. The van der Waals surface area contributed by atoms with Crippen LogP contribution in [0.5, 0.6) is 5.75 Å². The summed E-state index contributed by atoms with van der Waals surface area (Å²) in [6.45, 7) is 3.19. The van der Waals surface area contributed by atoms with Crippen LogP contribution in [0.3, 0.4) is 0 Å². The fraction of sp³-hybridized carbons (Fsp3) is 0.562. The van der Waals surface area contributed by atoms with Gasteiger partial charge in [-0.2, -0.15) is 0 Å². The number of nitrogens with zero attached hydrogens (tertiary/aromatic N) is 1. The van der Waals surface area contributed by atoms with Gasteiger partial charge in [-0.3, -0.25) is 4.79 Å². The SMILES string of the molecule is CCOc1ccc(NC(=O)CNCC2CC2)cc1S(=O)(=O)N(C)C.Cl. The number of rotatable bonds is 9. The number of nitrogens with one attached hydrogen (secondary N) is 2. The molecule has 25 heavy (non-hydrogen) atoms. The topological polar surface area (TPSA) is 87.7 Å². The maximum absolute atomic E-state index is 12.4. The molecule has 1 fully saturated rings. The number of anilines is 1. The molecule has 1 aromatic carbocycles. The highest BCUT2D eigenvalue weighted by Gasteiger charge is 2.23. The molecule has 0 atom stereocenters. The Morgan fingerprint density at radius 1 is 1.32 bits per heavy atom. The lowest BCUT2D eigenvalue weighted by Crippen LogP contribution is -2.29. The molecule has 2 rings (SSSR count). The van der Waals surface area contributed by atoms with Gasteiger partial charge in [0.05, 0.1) is 13.2 Å². The zero-order valence-corrected chi connectivity index (χ0v) is 16.4. The molecule has 0 aliphatic heterocycles. The van der Waals surface area contributed by atoms with Crippen LogP contribution in [0.4, 0.5) is 5.69 Å². The van der Waals surface area contributed by atoms with E-state index in [9.17, 15) is 13.2 Å². The van der Waals surface area contributed by atoms with Crippen molar-refractivity contribution < 1.29 is 17.9 Å². The summed E-state index contributed by atoms with van der Waals surface area (Å²) < 4.78 is 31.4. The summed E-state index contributed by atoms with van der Waals surface area (Å²) in [5.41, 5.74) is 0.428. The second-order valence-corrected chi connectivity index (χ2v) is 8.12. The summed E-state index contributed by atoms with van der Waals surface area (Å²) in [6.07, 6.45) is 2.44. The Hall–Kier alpha value is -1.35. The molecule has 0 unspecified atom stereocenters. The molecule has 1 aromatic rings.